The summed E-state index contributed by atoms with van der Waals surface area (Å²) in [4.78, 5) is 13.9. The summed E-state index contributed by atoms with van der Waals surface area (Å²) in [6.45, 7) is 6.88. The number of amides is 1. The van der Waals surface area contributed by atoms with Gasteiger partial charge in [0.1, 0.15) is 0 Å². The third-order valence-electron chi connectivity index (χ3n) is 5.24. The lowest BCUT2D eigenvalue weighted by Gasteiger charge is -2.41. The minimum atomic E-state index is -0.0882. The molecule has 2 saturated carbocycles. The van der Waals surface area contributed by atoms with Crippen LogP contribution in [0.2, 0.25) is 0 Å². The Morgan fingerprint density at radius 3 is 2.65 bits per heavy atom. The van der Waals surface area contributed by atoms with E-state index in [1.807, 2.05) is 0 Å². The molecule has 96 valence electrons. The average Bonchev–Trinajstić information content (AvgIpc) is 2.81. The summed E-state index contributed by atoms with van der Waals surface area (Å²) in [5, 5.41) is 0. The van der Waals surface area contributed by atoms with Gasteiger partial charge in [-0.3, -0.25) is 9.69 Å². The summed E-state index contributed by atoms with van der Waals surface area (Å²) in [6, 6.07) is 0.0677. The number of hydrogen-bond donors (Lipinski definition) is 1. The molecule has 0 aromatic rings. The van der Waals surface area contributed by atoms with Crippen LogP contribution in [0.3, 0.4) is 0 Å². The minimum Gasteiger partial charge on any atom is -0.368 e. The van der Waals surface area contributed by atoms with E-state index in [-0.39, 0.29) is 11.9 Å². The first-order chi connectivity index (χ1) is 8.06. The van der Waals surface area contributed by atoms with Crippen molar-refractivity contribution < 1.29 is 4.79 Å². The molecule has 2 aliphatic carbocycles. The highest BCUT2D eigenvalue weighted by Gasteiger charge is 2.55. The third kappa shape index (κ3) is 1.99. The van der Waals surface area contributed by atoms with E-state index >= 15 is 0 Å². The number of carbonyl (C=O) groups excluding carboxylic acids is 1. The Kier molecular flexibility index (Phi) is 2.69. The van der Waals surface area contributed by atoms with Crippen LogP contribution in [0.15, 0.2) is 0 Å². The molecule has 1 saturated heterocycles. The molecule has 0 radical (unpaired) electrons. The van der Waals surface area contributed by atoms with Gasteiger partial charge in [0.25, 0.3) is 0 Å². The fourth-order valence-electron chi connectivity index (χ4n) is 3.94. The molecule has 0 aromatic carbocycles. The second-order valence-electron chi connectivity index (χ2n) is 6.80. The highest BCUT2D eigenvalue weighted by molar-refractivity contribution is 5.81. The summed E-state index contributed by atoms with van der Waals surface area (Å²) >= 11 is 0. The lowest BCUT2D eigenvalue weighted by atomic mass is 9.69. The van der Waals surface area contributed by atoms with Gasteiger partial charge in [0.2, 0.25) is 5.91 Å². The Morgan fingerprint density at radius 2 is 2.06 bits per heavy atom. The quantitative estimate of drug-likeness (QED) is 0.803. The van der Waals surface area contributed by atoms with Crippen LogP contribution in [0.4, 0.5) is 0 Å². The zero-order valence-corrected chi connectivity index (χ0v) is 10.9. The van der Waals surface area contributed by atoms with Gasteiger partial charge in [-0.2, -0.15) is 0 Å². The maximum absolute atomic E-state index is 11.5. The van der Waals surface area contributed by atoms with Crippen molar-refractivity contribution in [2.75, 3.05) is 13.1 Å². The number of hydrogen-bond acceptors (Lipinski definition) is 2. The van der Waals surface area contributed by atoms with Crippen LogP contribution >= 0.6 is 0 Å². The number of fused-ring (bicyclic) bond motifs is 1. The van der Waals surface area contributed by atoms with Gasteiger partial charge in [-0.05, 0) is 48.9 Å². The first-order valence-electron chi connectivity index (χ1n) is 7.09. The Morgan fingerprint density at radius 1 is 1.35 bits per heavy atom. The molecule has 0 bridgehead atoms. The third-order valence-corrected chi connectivity index (χ3v) is 5.24. The van der Waals surface area contributed by atoms with Crippen LogP contribution < -0.4 is 5.73 Å². The molecule has 1 heterocycles. The van der Waals surface area contributed by atoms with E-state index in [0.29, 0.717) is 5.92 Å². The number of nitrogens with zero attached hydrogens (tertiary/aromatic N) is 1. The summed E-state index contributed by atoms with van der Waals surface area (Å²) in [5.41, 5.74) is 5.54. The number of primary amides is 1. The van der Waals surface area contributed by atoms with Crippen LogP contribution in [-0.4, -0.2) is 29.9 Å². The molecule has 3 nitrogen and oxygen atoms in total. The molecule has 3 heteroatoms. The number of nitrogens with two attached hydrogens (primary N) is 1. The van der Waals surface area contributed by atoms with Crippen molar-refractivity contribution in [2.24, 2.45) is 35.3 Å². The van der Waals surface area contributed by atoms with Crippen LogP contribution in [0.5, 0.6) is 0 Å². The zero-order chi connectivity index (χ0) is 12.2. The predicted molar refractivity (Wildman–Crippen MR) is 67.2 cm³/mol. The topological polar surface area (TPSA) is 46.3 Å². The molecule has 3 aliphatic rings. The van der Waals surface area contributed by atoms with Gasteiger partial charge in [0.05, 0.1) is 6.04 Å². The van der Waals surface area contributed by atoms with Gasteiger partial charge in [-0.25, -0.2) is 0 Å². The molecule has 2 N–H and O–H groups in total. The lowest BCUT2D eigenvalue weighted by molar-refractivity contribution is -0.123. The van der Waals surface area contributed by atoms with Crippen LogP contribution in [-0.2, 0) is 4.79 Å². The second-order valence-corrected chi connectivity index (χ2v) is 6.80. The van der Waals surface area contributed by atoms with Gasteiger partial charge in [0.15, 0.2) is 0 Å². The Bertz CT molecular complexity index is 322. The monoisotopic (exact) mass is 236 g/mol. The fraction of sp³-hybridized carbons (Fsp3) is 0.929. The summed E-state index contributed by atoms with van der Waals surface area (Å²) in [5.74, 6) is 3.87. The number of rotatable bonds is 4. The maximum atomic E-state index is 11.5. The summed E-state index contributed by atoms with van der Waals surface area (Å²) in [6.07, 6.45) is 3.95. The van der Waals surface area contributed by atoms with E-state index in [2.05, 4.69) is 18.7 Å². The highest BCUT2D eigenvalue weighted by atomic mass is 16.1. The summed E-state index contributed by atoms with van der Waals surface area (Å²) < 4.78 is 0. The van der Waals surface area contributed by atoms with Gasteiger partial charge in [0, 0.05) is 13.1 Å². The number of likely N-dealkylation sites (tertiary alicyclic amines) is 1. The van der Waals surface area contributed by atoms with Gasteiger partial charge >= 0.3 is 0 Å². The first-order valence-corrected chi connectivity index (χ1v) is 7.09. The van der Waals surface area contributed by atoms with Crippen molar-refractivity contribution in [3.63, 3.8) is 0 Å². The molecule has 1 amide bonds. The van der Waals surface area contributed by atoms with Crippen molar-refractivity contribution in [2.45, 2.75) is 39.2 Å². The van der Waals surface area contributed by atoms with E-state index in [1.54, 1.807) is 0 Å². The molecule has 1 unspecified atom stereocenters. The normalized spacial score (nSPS) is 44.5. The second kappa shape index (κ2) is 3.98. The van der Waals surface area contributed by atoms with Gasteiger partial charge < -0.3 is 5.73 Å². The van der Waals surface area contributed by atoms with Crippen molar-refractivity contribution in [1.29, 1.82) is 0 Å². The molecular weight excluding hydrogens is 212 g/mol. The lowest BCUT2D eigenvalue weighted by Crippen LogP contribution is -2.47. The number of carbonyl (C=O) groups is 1. The molecule has 0 spiro atoms. The van der Waals surface area contributed by atoms with Crippen molar-refractivity contribution in [3.8, 4) is 0 Å². The van der Waals surface area contributed by atoms with Gasteiger partial charge in [-0.1, -0.05) is 13.8 Å². The van der Waals surface area contributed by atoms with E-state index in [4.69, 9.17) is 5.73 Å². The summed E-state index contributed by atoms with van der Waals surface area (Å²) in [7, 11) is 0. The smallest absolute Gasteiger partial charge is 0.235 e. The SMILES string of the molecule is CC(C)C1CC(CN2C[C@H]3CC3[C@H]2C(N)=O)C1. The number of piperidine rings is 1. The fourth-order valence-corrected chi connectivity index (χ4v) is 3.94. The molecule has 0 aromatic heterocycles. The Balaban J connectivity index is 1.51. The van der Waals surface area contributed by atoms with Crippen LogP contribution in [0.1, 0.15) is 33.1 Å². The predicted octanol–water partition coefficient (Wildman–Crippen LogP) is 1.47. The van der Waals surface area contributed by atoms with E-state index in [9.17, 15) is 4.79 Å². The largest absolute Gasteiger partial charge is 0.368 e. The minimum absolute atomic E-state index is 0.0677. The van der Waals surface area contributed by atoms with Crippen LogP contribution in [0.25, 0.3) is 0 Å². The van der Waals surface area contributed by atoms with Crippen molar-refractivity contribution >= 4 is 5.91 Å². The Labute approximate surface area is 104 Å². The Hall–Kier alpha value is -0.570. The van der Waals surface area contributed by atoms with Crippen molar-refractivity contribution in [3.05, 3.63) is 0 Å². The molecule has 3 atom stereocenters. The zero-order valence-electron chi connectivity index (χ0n) is 10.9. The molecular formula is C14H24N2O. The molecule has 17 heavy (non-hydrogen) atoms. The molecule has 3 fully saturated rings. The maximum Gasteiger partial charge on any atom is 0.235 e. The van der Waals surface area contributed by atoms with Crippen LogP contribution in [0, 0.1) is 29.6 Å². The van der Waals surface area contributed by atoms with Gasteiger partial charge in [-0.15, -0.1) is 0 Å². The standard InChI is InChI=1S/C14H24N2O/c1-8(2)10-3-9(4-10)6-16-7-11-5-12(11)13(16)14(15)17/h8-13H,3-7H2,1-2H3,(H2,15,17)/t9?,10?,11-,12?,13+/m1/s1. The molecule has 3 rings (SSSR count). The first kappa shape index (κ1) is 11.5. The molecule has 1 aliphatic heterocycles. The van der Waals surface area contributed by atoms with Crippen molar-refractivity contribution in [1.82, 2.24) is 4.90 Å². The average molecular weight is 236 g/mol. The van der Waals surface area contributed by atoms with E-state index in [0.717, 1.165) is 36.8 Å². The van der Waals surface area contributed by atoms with E-state index < -0.39 is 0 Å². The van der Waals surface area contributed by atoms with E-state index in [1.165, 1.54) is 19.3 Å². The highest BCUT2D eigenvalue weighted by Crippen LogP contribution is 2.50.